The number of esters is 1. The summed E-state index contributed by atoms with van der Waals surface area (Å²) in [5.41, 5.74) is 9.27. The third kappa shape index (κ3) is 13.5. The Morgan fingerprint density at radius 3 is 2.51 bits per heavy atom. The number of ether oxygens (including phenoxy) is 2. The van der Waals surface area contributed by atoms with Gasteiger partial charge in [-0.3, -0.25) is 13.9 Å². The van der Waals surface area contributed by atoms with Crippen LogP contribution in [0.2, 0.25) is 0 Å². The molecule has 0 aliphatic carbocycles. The van der Waals surface area contributed by atoms with Gasteiger partial charge in [0.25, 0.3) is 0 Å². The first kappa shape index (κ1) is 41.9. The van der Waals surface area contributed by atoms with Crippen molar-refractivity contribution in [2.24, 2.45) is 0 Å². The fraction of sp³-hybridized carbons (Fsp3) is 0.667. The predicted molar refractivity (Wildman–Crippen MR) is 171 cm³/mol. The van der Waals surface area contributed by atoms with E-state index in [1.54, 1.807) is 0 Å². The summed E-state index contributed by atoms with van der Waals surface area (Å²) < 4.78 is 44.7. The van der Waals surface area contributed by atoms with Gasteiger partial charge in [0.2, 0.25) is 13.7 Å². The third-order valence-corrected chi connectivity index (χ3v) is 8.65. The van der Waals surface area contributed by atoms with E-state index in [1.165, 1.54) is 30.2 Å². The molecule has 1 fully saturated rings. The number of hydrogen-bond donors (Lipinski definition) is 4. The Labute approximate surface area is 318 Å². The Balaban J connectivity index is 0.00000768. The van der Waals surface area contributed by atoms with Crippen molar-refractivity contribution in [2.75, 3.05) is 31.2 Å². The SMILES string of the molecule is CCCCC/C=C\C/C=C\CCCCCCCOC(=O)CNP(=O)([O-])OC[C@H]1O[C@@H](n2cnc3c(N)nc(N)nc32)[C@@](C)(F)[C@H]1O.[K+]. The number of nitrogens with two attached hydrogens (primary N) is 2. The van der Waals surface area contributed by atoms with Gasteiger partial charge in [0, 0.05) is 0 Å². The van der Waals surface area contributed by atoms with Crippen LogP contribution in [0.25, 0.3) is 11.2 Å². The maximum Gasteiger partial charge on any atom is 1.00 e. The first-order chi connectivity index (χ1) is 22.0. The van der Waals surface area contributed by atoms with E-state index in [0.717, 1.165) is 51.9 Å². The second-order valence-electron chi connectivity index (χ2n) is 11.5. The molecular weight excluding hydrogens is 659 g/mol. The number of imidazole rings is 1. The van der Waals surface area contributed by atoms with E-state index in [4.69, 9.17) is 25.5 Å². The van der Waals surface area contributed by atoms with E-state index in [9.17, 15) is 19.4 Å². The minimum absolute atomic E-state index is 0. The number of carbonyl (C=O) groups is 1. The van der Waals surface area contributed by atoms with Crippen LogP contribution in [0.5, 0.6) is 0 Å². The smallest absolute Gasteiger partial charge is 0.766 e. The fourth-order valence-corrected chi connectivity index (χ4v) is 5.76. The van der Waals surface area contributed by atoms with Crippen LogP contribution >= 0.6 is 7.75 Å². The van der Waals surface area contributed by atoms with Gasteiger partial charge in [0.15, 0.2) is 23.4 Å². The molecule has 47 heavy (non-hydrogen) atoms. The molecule has 5 atom stereocenters. The number of aliphatic hydroxyl groups is 1. The number of rotatable bonds is 21. The van der Waals surface area contributed by atoms with Crippen LogP contribution in [0.15, 0.2) is 30.6 Å². The molecule has 6 N–H and O–H groups in total. The number of alkyl halides is 1. The Morgan fingerprint density at radius 1 is 1.15 bits per heavy atom. The van der Waals surface area contributed by atoms with Crippen LogP contribution in [-0.4, -0.2) is 68.2 Å². The molecule has 0 radical (unpaired) electrons. The van der Waals surface area contributed by atoms with Crippen molar-refractivity contribution < 1.29 is 89.1 Å². The number of anilines is 2. The summed E-state index contributed by atoms with van der Waals surface area (Å²) in [7, 11) is -4.77. The summed E-state index contributed by atoms with van der Waals surface area (Å²) in [6.07, 6.45) is 17.2. The van der Waals surface area contributed by atoms with E-state index in [0.29, 0.717) is 6.42 Å². The molecule has 2 aromatic rings. The summed E-state index contributed by atoms with van der Waals surface area (Å²) in [6, 6.07) is 0. The standard InChI is InChI=1S/C30H49FN7O7P.K/c1-3-4-5-6-7-8-9-10-11-12-13-14-15-16-17-18-43-23(39)19-35-46(41,42)44-20-22-25(40)30(2,31)28(45-22)38-21-34-24-26(32)36-29(33)37-27(24)38;/h7-8,10-11,21-22,25,28,40H,3-6,9,12-20H2,1-2H3,(H2,35,41,42)(H4,32,33,36,37);/q;+1/p-1/b8-7-,11-10-;/t22-,25+,28-,30+;/m1./s1. The van der Waals surface area contributed by atoms with Crippen LogP contribution in [-0.2, 0) is 23.4 Å². The monoisotopic (exact) mass is 707 g/mol. The average Bonchev–Trinajstić information content (AvgIpc) is 3.52. The zero-order valence-corrected chi connectivity index (χ0v) is 31.7. The molecule has 0 saturated carbocycles. The van der Waals surface area contributed by atoms with Crippen molar-refractivity contribution in [3.05, 3.63) is 30.6 Å². The molecule has 0 spiro atoms. The molecule has 1 aliphatic heterocycles. The van der Waals surface area contributed by atoms with Gasteiger partial charge in [-0.1, -0.05) is 63.3 Å². The number of halogens is 1. The van der Waals surface area contributed by atoms with Crippen molar-refractivity contribution >= 4 is 36.6 Å². The minimum Gasteiger partial charge on any atom is -0.766 e. The summed E-state index contributed by atoms with van der Waals surface area (Å²) >= 11 is 0. The molecule has 0 amide bonds. The molecule has 3 rings (SSSR count). The predicted octanol–water partition coefficient (Wildman–Crippen LogP) is 1.02. The van der Waals surface area contributed by atoms with Crippen molar-refractivity contribution in [1.29, 1.82) is 0 Å². The Bertz CT molecular complexity index is 1360. The number of carbonyl (C=O) groups excluding carboxylic acids is 1. The topological polar surface area (TPSA) is 213 Å². The molecule has 1 unspecified atom stereocenters. The van der Waals surface area contributed by atoms with Crippen molar-refractivity contribution in [3.8, 4) is 0 Å². The van der Waals surface area contributed by atoms with Gasteiger partial charge in [-0.2, -0.15) is 9.97 Å². The van der Waals surface area contributed by atoms with Gasteiger partial charge in [-0.25, -0.2) is 14.5 Å². The Morgan fingerprint density at radius 2 is 1.81 bits per heavy atom. The molecule has 1 aliphatic rings. The number of aliphatic hydroxyl groups excluding tert-OH is 1. The van der Waals surface area contributed by atoms with Gasteiger partial charge >= 0.3 is 57.4 Å². The maximum absolute atomic E-state index is 15.6. The molecule has 0 bridgehead atoms. The molecule has 17 heteroatoms. The Hall–Kier alpha value is -1.30. The van der Waals surface area contributed by atoms with Crippen molar-refractivity contribution in [2.45, 2.75) is 109 Å². The quantitative estimate of drug-likeness (QED) is 0.0470. The zero-order valence-electron chi connectivity index (χ0n) is 27.7. The fourth-order valence-electron chi connectivity index (χ4n) is 5.01. The number of allylic oxidation sites excluding steroid dienone is 4. The second kappa shape index (κ2) is 21.0. The number of fused-ring (bicyclic) bond motifs is 1. The summed E-state index contributed by atoms with van der Waals surface area (Å²) in [5.74, 6) is -0.956. The van der Waals surface area contributed by atoms with E-state index in [2.05, 4.69) is 46.2 Å². The van der Waals surface area contributed by atoms with Crippen molar-refractivity contribution in [1.82, 2.24) is 24.6 Å². The minimum atomic E-state index is -4.77. The average molecular weight is 708 g/mol. The largest absolute Gasteiger partial charge is 1.00 e. The molecule has 3 heterocycles. The van der Waals surface area contributed by atoms with Gasteiger partial charge in [0.1, 0.15) is 24.3 Å². The van der Waals surface area contributed by atoms with Crippen LogP contribution in [0.4, 0.5) is 16.2 Å². The second-order valence-corrected chi connectivity index (χ2v) is 13.1. The van der Waals surface area contributed by atoms with Gasteiger partial charge in [-0.05, 0) is 45.4 Å². The number of nitrogens with zero attached hydrogens (tertiary/aromatic N) is 4. The van der Waals surface area contributed by atoms with E-state index in [-0.39, 0.29) is 80.9 Å². The first-order valence-corrected chi connectivity index (χ1v) is 17.4. The number of nitrogens with one attached hydrogen (secondary N) is 1. The third-order valence-electron chi connectivity index (χ3n) is 7.62. The summed E-state index contributed by atoms with van der Waals surface area (Å²) in [4.78, 5) is 36.2. The van der Waals surface area contributed by atoms with Gasteiger partial charge in [0.05, 0.1) is 19.5 Å². The maximum atomic E-state index is 15.6. The Kier molecular flexibility index (Phi) is 18.7. The van der Waals surface area contributed by atoms with Crippen LogP contribution < -0.4 is 72.8 Å². The van der Waals surface area contributed by atoms with Crippen molar-refractivity contribution in [3.63, 3.8) is 0 Å². The van der Waals surface area contributed by atoms with Gasteiger partial charge in [-0.15, -0.1) is 0 Å². The summed E-state index contributed by atoms with van der Waals surface area (Å²) in [6.45, 7) is 2.11. The molecule has 14 nitrogen and oxygen atoms in total. The molecule has 2 aromatic heterocycles. The normalized spacial score (nSPS) is 22.6. The number of hydrogen-bond acceptors (Lipinski definition) is 12. The number of unbranched alkanes of at least 4 members (excludes halogenated alkanes) is 8. The number of nitrogen functional groups attached to an aromatic ring is 2. The number of aromatic nitrogens is 4. The molecular formula is C30H48FKN7O7P. The van der Waals surface area contributed by atoms with E-state index >= 15 is 4.39 Å². The van der Waals surface area contributed by atoms with Crippen LogP contribution in [0.1, 0.15) is 90.7 Å². The summed E-state index contributed by atoms with van der Waals surface area (Å²) in [5, 5.41) is 12.6. The molecule has 1 saturated heterocycles. The molecule has 258 valence electrons. The van der Waals surface area contributed by atoms with E-state index < -0.39 is 51.0 Å². The van der Waals surface area contributed by atoms with Gasteiger partial charge < -0.3 is 35.5 Å². The zero-order chi connectivity index (χ0) is 33.6. The first-order valence-electron chi connectivity index (χ1n) is 15.9. The van der Waals surface area contributed by atoms with Crippen LogP contribution in [0.3, 0.4) is 0 Å². The molecule has 0 aromatic carbocycles. The van der Waals surface area contributed by atoms with Crippen LogP contribution in [0, 0.1) is 0 Å². The van der Waals surface area contributed by atoms with E-state index in [1.807, 2.05) is 5.09 Å².